The Bertz CT molecular complexity index is 1040. The predicted octanol–water partition coefficient (Wildman–Crippen LogP) is 4.28. The molecule has 4 rings (SSSR count). The minimum absolute atomic E-state index is 0. The maximum Gasteiger partial charge on any atom is 0.119 e. The van der Waals surface area contributed by atoms with Gasteiger partial charge in [0.15, 0.2) is 0 Å². The summed E-state index contributed by atoms with van der Waals surface area (Å²) in [6.45, 7) is 2.64. The minimum atomic E-state index is 0. The third-order valence-corrected chi connectivity index (χ3v) is 4.34. The molecular weight excluding hydrogens is 348 g/mol. The highest BCUT2D eigenvalue weighted by atomic mass is 35.5. The number of aryl methyl sites for hydroxylation is 1. The van der Waals surface area contributed by atoms with Gasteiger partial charge in [0.25, 0.3) is 0 Å². The molecule has 5 nitrogen and oxygen atoms in total. The standard InChI is InChI=1S/C20H18N4O.ClH/c1-14-21-7-8-24(14)13-19-10-18(12-22-23-19)16-4-3-15-5-6-20(25-2)11-17(15)9-16;/h3-12H,13H2,1-2H3;1H. The van der Waals surface area contributed by atoms with Crippen molar-refractivity contribution >= 4 is 23.2 Å². The van der Waals surface area contributed by atoms with E-state index < -0.39 is 0 Å². The van der Waals surface area contributed by atoms with Crippen LogP contribution < -0.4 is 4.74 Å². The van der Waals surface area contributed by atoms with Gasteiger partial charge in [-0.05, 0) is 47.5 Å². The Balaban J connectivity index is 0.00000196. The van der Waals surface area contributed by atoms with E-state index >= 15 is 0 Å². The van der Waals surface area contributed by atoms with Crippen LogP contribution >= 0.6 is 12.4 Å². The fourth-order valence-corrected chi connectivity index (χ4v) is 2.92. The van der Waals surface area contributed by atoms with Crippen molar-refractivity contribution in [3.05, 3.63) is 72.6 Å². The number of methoxy groups -OCH3 is 1. The Kier molecular flexibility index (Phi) is 5.19. The van der Waals surface area contributed by atoms with Crippen molar-refractivity contribution < 1.29 is 4.74 Å². The van der Waals surface area contributed by atoms with Crippen LogP contribution in [0.15, 0.2) is 61.1 Å². The van der Waals surface area contributed by atoms with Crippen molar-refractivity contribution in [1.82, 2.24) is 19.7 Å². The molecule has 6 heteroatoms. The van der Waals surface area contributed by atoms with Crippen LogP contribution in [0, 0.1) is 6.92 Å². The quantitative estimate of drug-likeness (QED) is 0.541. The number of benzene rings is 2. The second-order valence-electron chi connectivity index (χ2n) is 5.97. The van der Waals surface area contributed by atoms with Crippen molar-refractivity contribution in [3.8, 4) is 16.9 Å². The molecule has 2 aromatic heterocycles. The van der Waals surface area contributed by atoms with Gasteiger partial charge in [0.1, 0.15) is 11.6 Å². The average Bonchev–Trinajstić information content (AvgIpc) is 3.05. The molecule has 132 valence electrons. The first-order chi connectivity index (χ1) is 12.2. The first-order valence-corrected chi connectivity index (χ1v) is 8.10. The summed E-state index contributed by atoms with van der Waals surface area (Å²) in [6.07, 6.45) is 5.54. The molecule has 0 atom stereocenters. The smallest absolute Gasteiger partial charge is 0.119 e. The molecule has 0 aliphatic rings. The SMILES string of the molecule is COc1ccc2ccc(-c3cnnc(Cn4ccnc4C)c3)cc2c1.Cl. The highest BCUT2D eigenvalue weighted by molar-refractivity contribution is 5.88. The third kappa shape index (κ3) is 3.53. The molecule has 4 aromatic rings. The molecule has 0 unspecified atom stereocenters. The lowest BCUT2D eigenvalue weighted by Crippen LogP contribution is -2.04. The zero-order chi connectivity index (χ0) is 17.2. The van der Waals surface area contributed by atoms with Crippen LogP contribution in [0.1, 0.15) is 11.5 Å². The molecule has 26 heavy (non-hydrogen) atoms. The average molecular weight is 367 g/mol. The van der Waals surface area contributed by atoms with Gasteiger partial charge in [-0.1, -0.05) is 18.2 Å². The molecular formula is C20H19ClN4O. The molecule has 0 saturated heterocycles. The first kappa shape index (κ1) is 17.9. The molecule has 0 radical (unpaired) electrons. The molecule has 0 bridgehead atoms. The van der Waals surface area contributed by atoms with E-state index in [0.717, 1.165) is 33.8 Å². The van der Waals surface area contributed by atoms with Crippen LogP contribution in [0.4, 0.5) is 0 Å². The molecule has 0 N–H and O–H groups in total. The van der Waals surface area contributed by atoms with E-state index in [1.807, 2.05) is 25.3 Å². The topological polar surface area (TPSA) is 52.8 Å². The highest BCUT2D eigenvalue weighted by Crippen LogP contribution is 2.27. The fourth-order valence-electron chi connectivity index (χ4n) is 2.92. The monoisotopic (exact) mass is 366 g/mol. The number of hydrogen-bond acceptors (Lipinski definition) is 4. The molecule has 0 aliphatic carbocycles. The lowest BCUT2D eigenvalue weighted by Gasteiger charge is -2.08. The summed E-state index contributed by atoms with van der Waals surface area (Å²) >= 11 is 0. The van der Waals surface area contributed by atoms with E-state index in [1.54, 1.807) is 19.5 Å². The molecule has 0 fully saturated rings. The summed E-state index contributed by atoms with van der Waals surface area (Å²) in [5.41, 5.74) is 3.07. The zero-order valence-corrected chi connectivity index (χ0v) is 15.4. The van der Waals surface area contributed by atoms with E-state index in [2.05, 4.69) is 50.1 Å². The predicted molar refractivity (Wildman–Crippen MR) is 105 cm³/mol. The summed E-state index contributed by atoms with van der Waals surface area (Å²) in [5.74, 6) is 1.82. The van der Waals surface area contributed by atoms with Crippen LogP contribution in [0.25, 0.3) is 21.9 Å². The normalized spacial score (nSPS) is 10.5. The number of imidazole rings is 1. The van der Waals surface area contributed by atoms with Gasteiger partial charge in [-0.2, -0.15) is 10.2 Å². The van der Waals surface area contributed by atoms with Crippen molar-refractivity contribution in [2.24, 2.45) is 0 Å². The summed E-state index contributed by atoms with van der Waals surface area (Å²) in [7, 11) is 1.68. The minimum Gasteiger partial charge on any atom is -0.497 e. The number of fused-ring (bicyclic) bond motifs is 1. The van der Waals surface area contributed by atoms with Crippen molar-refractivity contribution in [1.29, 1.82) is 0 Å². The van der Waals surface area contributed by atoms with Crippen LogP contribution in [0.5, 0.6) is 5.75 Å². The Morgan fingerprint density at radius 2 is 1.85 bits per heavy atom. The molecule has 2 aromatic carbocycles. The number of rotatable bonds is 4. The lowest BCUT2D eigenvalue weighted by atomic mass is 10.0. The maximum atomic E-state index is 5.33. The van der Waals surface area contributed by atoms with Gasteiger partial charge in [0.05, 0.1) is 25.5 Å². The number of hydrogen-bond donors (Lipinski definition) is 0. The highest BCUT2D eigenvalue weighted by Gasteiger charge is 2.06. The summed E-state index contributed by atoms with van der Waals surface area (Å²) in [5, 5.41) is 10.7. The van der Waals surface area contributed by atoms with Crippen LogP contribution in [-0.4, -0.2) is 26.9 Å². The summed E-state index contributed by atoms with van der Waals surface area (Å²) in [6, 6.07) is 14.5. The van der Waals surface area contributed by atoms with Gasteiger partial charge >= 0.3 is 0 Å². The number of aromatic nitrogens is 4. The van der Waals surface area contributed by atoms with Gasteiger partial charge in [-0.15, -0.1) is 12.4 Å². The summed E-state index contributed by atoms with van der Waals surface area (Å²) < 4.78 is 7.38. The molecule has 0 spiro atoms. The second-order valence-corrected chi connectivity index (χ2v) is 5.97. The third-order valence-electron chi connectivity index (χ3n) is 4.34. The molecule has 0 saturated carbocycles. The van der Waals surface area contributed by atoms with Crippen LogP contribution in [-0.2, 0) is 6.54 Å². The van der Waals surface area contributed by atoms with E-state index in [-0.39, 0.29) is 12.4 Å². The number of nitrogens with zero attached hydrogens (tertiary/aromatic N) is 4. The van der Waals surface area contributed by atoms with E-state index in [1.165, 1.54) is 5.39 Å². The Morgan fingerprint density at radius 1 is 1.00 bits per heavy atom. The van der Waals surface area contributed by atoms with Crippen molar-refractivity contribution in [2.45, 2.75) is 13.5 Å². The van der Waals surface area contributed by atoms with E-state index in [9.17, 15) is 0 Å². The second kappa shape index (κ2) is 7.54. The van der Waals surface area contributed by atoms with E-state index in [0.29, 0.717) is 6.54 Å². The first-order valence-electron chi connectivity index (χ1n) is 8.10. The van der Waals surface area contributed by atoms with Gasteiger partial charge in [0, 0.05) is 18.0 Å². The van der Waals surface area contributed by atoms with Crippen LogP contribution in [0.2, 0.25) is 0 Å². The fraction of sp³-hybridized carbons (Fsp3) is 0.150. The Hall–Kier alpha value is -2.92. The van der Waals surface area contributed by atoms with Gasteiger partial charge in [-0.3, -0.25) is 0 Å². The molecule has 2 heterocycles. The van der Waals surface area contributed by atoms with Crippen molar-refractivity contribution in [2.75, 3.05) is 7.11 Å². The van der Waals surface area contributed by atoms with Crippen LogP contribution in [0.3, 0.4) is 0 Å². The summed E-state index contributed by atoms with van der Waals surface area (Å²) in [4.78, 5) is 4.25. The lowest BCUT2D eigenvalue weighted by molar-refractivity contribution is 0.415. The van der Waals surface area contributed by atoms with Gasteiger partial charge in [0.2, 0.25) is 0 Å². The Morgan fingerprint density at radius 3 is 2.62 bits per heavy atom. The van der Waals surface area contributed by atoms with Gasteiger partial charge in [-0.25, -0.2) is 4.98 Å². The Labute approximate surface area is 158 Å². The zero-order valence-electron chi connectivity index (χ0n) is 14.6. The number of halogens is 1. The van der Waals surface area contributed by atoms with Crippen molar-refractivity contribution in [3.63, 3.8) is 0 Å². The maximum absolute atomic E-state index is 5.33. The number of ether oxygens (including phenoxy) is 1. The largest absolute Gasteiger partial charge is 0.497 e. The molecule has 0 aliphatic heterocycles. The van der Waals surface area contributed by atoms with E-state index in [4.69, 9.17) is 4.74 Å². The van der Waals surface area contributed by atoms with Gasteiger partial charge < -0.3 is 9.30 Å². The molecule has 0 amide bonds.